The first-order valence-electron chi connectivity index (χ1n) is 5.41. The van der Waals surface area contributed by atoms with E-state index in [1.807, 2.05) is 6.92 Å². The third-order valence-electron chi connectivity index (χ3n) is 2.36. The van der Waals surface area contributed by atoms with Crippen LogP contribution in [0.1, 0.15) is 22.8 Å². The standard InChI is InChI=1S/C13H16N2O/c1-10-4-3-5-12(6-10)8-14-9-13-15-7-11(2)16-13/h3-7,14H,8-9H2,1-2H3. The Balaban J connectivity index is 1.84. The fourth-order valence-corrected chi connectivity index (χ4v) is 1.62. The maximum Gasteiger partial charge on any atom is 0.208 e. The number of oxazole rings is 1. The van der Waals surface area contributed by atoms with Crippen LogP contribution < -0.4 is 5.32 Å². The van der Waals surface area contributed by atoms with Gasteiger partial charge in [0.05, 0.1) is 12.7 Å². The summed E-state index contributed by atoms with van der Waals surface area (Å²) in [7, 11) is 0. The lowest BCUT2D eigenvalue weighted by Crippen LogP contribution is -2.12. The summed E-state index contributed by atoms with van der Waals surface area (Å²) in [5, 5.41) is 3.30. The van der Waals surface area contributed by atoms with Gasteiger partial charge in [0.2, 0.25) is 5.89 Å². The van der Waals surface area contributed by atoms with Crippen molar-refractivity contribution in [2.45, 2.75) is 26.9 Å². The van der Waals surface area contributed by atoms with E-state index < -0.39 is 0 Å². The highest BCUT2D eigenvalue weighted by molar-refractivity contribution is 5.21. The van der Waals surface area contributed by atoms with Crippen LogP contribution in [-0.4, -0.2) is 4.98 Å². The molecule has 1 heterocycles. The fourth-order valence-electron chi connectivity index (χ4n) is 1.62. The number of nitrogens with one attached hydrogen (secondary N) is 1. The summed E-state index contributed by atoms with van der Waals surface area (Å²) in [5.74, 6) is 1.59. The van der Waals surface area contributed by atoms with Gasteiger partial charge in [0.15, 0.2) is 0 Å². The highest BCUT2D eigenvalue weighted by atomic mass is 16.4. The molecule has 0 aliphatic heterocycles. The second kappa shape index (κ2) is 4.94. The molecule has 0 fully saturated rings. The van der Waals surface area contributed by atoms with E-state index in [2.05, 4.69) is 41.5 Å². The van der Waals surface area contributed by atoms with Gasteiger partial charge in [0.1, 0.15) is 5.76 Å². The lowest BCUT2D eigenvalue weighted by molar-refractivity contribution is 0.449. The molecule has 0 saturated carbocycles. The Labute approximate surface area is 95.5 Å². The van der Waals surface area contributed by atoms with Crippen molar-refractivity contribution in [3.05, 3.63) is 53.2 Å². The van der Waals surface area contributed by atoms with Gasteiger partial charge in [-0.05, 0) is 19.4 Å². The number of benzene rings is 1. The molecule has 0 amide bonds. The van der Waals surface area contributed by atoms with Gasteiger partial charge >= 0.3 is 0 Å². The lowest BCUT2D eigenvalue weighted by Gasteiger charge is -2.03. The quantitative estimate of drug-likeness (QED) is 0.853. The molecule has 2 rings (SSSR count). The van der Waals surface area contributed by atoms with Crippen molar-refractivity contribution in [2.24, 2.45) is 0 Å². The predicted molar refractivity (Wildman–Crippen MR) is 63.0 cm³/mol. The third-order valence-corrected chi connectivity index (χ3v) is 2.36. The molecule has 0 spiro atoms. The van der Waals surface area contributed by atoms with E-state index in [1.54, 1.807) is 6.20 Å². The van der Waals surface area contributed by atoms with E-state index in [4.69, 9.17) is 4.42 Å². The molecule has 2 aromatic rings. The van der Waals surface area contributed by atoms with Crippen molar-refractivity contribution in [1.82, 2.24) is 10.3 Å². The van der Waals surface area contributed by atoms with Gasteiger partial charge in [0, 0.05) is 6.54 Å². The minimum atomic E-state index is 0.668. The molecule has 1 aromatic heterocycles. The monoisotopic (exact) mass is 216 g/mol. The molecule has 0 aliphatic carbocycles. The topological polar surface area (TPSA) is 38.1 Å². The minimum absolute atomic E-state index is 0.668. The Morgan fingerprint density at radius 1 is 1.25 bits per heavy atom. The zero-order chi connectivity index (χ0) is 11.4. The Kier molecular flexibility index (Phi) is 3.37. The number of rotatable bonds is 4. The summed E-state index contributed by atoms with van der Waals surface area (Å²) < 4.78 is 5.37. The molecular formula is C13H16N2O. The summed E-state index contributed by atoms with van der Waals surface area (Å²) >= 11 is 0. The van der Waals surface area contributed by atoms with Gasteiger partial charge in [-0.25, -0.2) is 4.98 Å². The molecule has 0 saturated heterocycles. The maximum atomic E-state index is 5.37. The second-order valence-electron chi connectivity index (χ2n) is 3.96. The van der Waals surface area contributed by atoms with Gasteiger partial charge in [0.25, 0.3) is 0 Å². The van der Waals surface area contributed by atoms with E-state index in [9.17, 15) is 0 Å². The molecule has 16 heavy (non-hydrogen) atoms. The molecule has 3 nitrogen and oxygen atoms in total. The van der Waals surface area contributed by atoms with Crippen molar-refractivity contribution < 1.29 is 4.42 Å². The molecular weight excluding hydrogens is 200 g/mol. The summed E-state index contributed by atoms with van der Waals surface area (Å²) in [5.41, 5.74) is 2.56. The van der Waals surface area contributed by atoms with Crippen LogP contribution in [0.3, 0.4) is 0 Å². The first kappa shape index (κ1) is 10.9. The van der Waals surface area contributed by atoms with Crippen LogP contribution in [0.2, 0.25) is 0 Å². The van der Waals surface area contributed by atoms with Gasteiger partial charge in [-0.3, -0.25) is 0 Å². The number of aromatic nitrogens is 1. The van der Waals surface area contributed by atoms with Gasteiger partial charge in [-0.2, -0.15) is 0 Å². The highest BCUT2D eigenvalue weighted by Gasteiger charge is 1.99. The van der Waals surface area contributed by atoms with Crippen molar-refractivity contribution in [2.75, 3.05) is 0 Å². The largest absolute Gasteiger partial charge is 0.445 e. The Morgan fingerprint density at radius 2 is 2.12 bits per heavy atom. The Hall–Kier alpha value is -1.61. The van der Waals surface area contributed by atoms with Gasteiger partial charge in [-0.15, -0.1) is 0 Å². The normalized spacial score (nSPS) is 10.6. The van der Waals surface area contributed by atoms with Crippen LogP contribution in [0.5, 0.6) is 0 Å². The number of hydrogen-bond donors (Lipinski definition) is 1. The van der Waals surface area contributed by atoms with E-state index >= 15 is 0 Å². The smallest absolute Gasteiger partial charge is 0.208 e. The SMILES string of the molecule is Cc1cccc(CNCc2ncc(C)o2)c1. The molecule has 0 unspecified atom stereocenters. The highest BCUT2D eigenvalue weighted by Crippen LogP contribution is 2.04. The number of nitrogens with zero attached hydrogens (tertiary/aromatic N) is 1. The average Bonchev–Trinajstić information content (AvgIpc) is 2.64. The molecule has 0 atom stereocenters. The zero-order valence-corrected chi connectivity index (χ0v) is 9.66. The minimum Gasteiger partial charge on any atom is -0.445 e. The van der Waals surface area contributed by atoms with Crippen LogP contribution >= 0.6 is 0 Å². The maximum absolute atomic E-state index is 5.37. The lowest BCUT2D eigenvalue weighted by atomic mass is 10.1. The molecule has 0 aliphatic rings. The fraction of sp³-hybridized carbons (Fsp3) is 0.308. The Morgan fingerprint density at radius 3 is 2.81 bits per heavy atom. The van der Waals surface area contributed by atoms with E-state index in [0.717, 1.165) is 18.2 Å². The summed E-state index contributed by atoms with van der Waals surface area (Å²) in [6.45, 7) is 5.50. The van der Waals surface area contributed by atoms with E-state index in [0.29, 0.717) is 6.54 Å². The van der Waals surface area contributed by atoms with Crippen molar-refractivity contribution >= 4 is 0 Å². The molecule has 1 N–H and O–H groups in total. The van der Waals surface area contributed by atoms with Crippen molar-refractivity contribution in [3.63, 3.8) is 0 Å². The summed E-state index contributed by atoms with van der Waals surface area (Å²) in [4.78, 5) is 4.14. The van der Waals surface area contributed by atoms with Crippen LogP contribution in [0.15, 0.2) is 34.9 Å². The zero-order valence-electron chi connectivity index (χ0n) is 9.66. The molecule has 1 aromatic carbocycles. The first-order chi connectivity index (χ1) is 7.74. The van der Waals surface area contributed by atoms with Crippen molar-refractivity contribution in [3.8, 4) is 0 Å². The van der Waals surface area contributed by atoms with Crippen LogP contribution in [0.25, 0.3) is 0 Å². The average molecular weight is 216 g/mol. The third kappa shape index (κ3) is 2.94. The Bertz CT molecular complexity index is 462. The molecule has 3 heteroatoms. The predicted octanol–water partition coefficient (Wildman–Crippen LogP) is 2.58. The molecule has 84 valence electrons. The van der Waals surface area contributed by atoms with E-state index in [1.165, 1.54) is 11.1 Å². The van der Waals surface area contributed by atoms with Crippen LogP contribution in [0, 0.1) is 13.8 Å². The van der Waals surface area contributed by atoms with Crippen LogP contribution in [-0.2, 0) is 13.1 Å². The van der Waals surface area contributed by atoms with Gasteiger partial charge < -0.3 is 9.73 Å². The molecule has 0 radical (unpaired) electrons. The summed E-state index contributed by atoms with van der Waals surface area (Å²) in [6.07, 6.45) is 1.74. The summed E-state index contributed by atoms with van der Waals surface area (Å²) in [6, 6.07) is 8.46. The molecule has 0 bridgehead atoms. The van der Waals surface area contributed by atoms with Gasteiger partial charge in [-0.1, -0.05) is 29.8 Å². The second-order valence-corrected chi connectivity index (χ2v) is 3.96. The van der Waals surface area contributed by atoms with Crippen LogP contribution in [0.4, 0.5) is 0 Å². The van der Waals surface area contributed by atoms with Crippen molar-refractivity contribution in [1.29, 1.82) is 0 Å². The van der Waals surface area contributed by atoms with E-state index in [-0.39, 0.29) is 0 Å². The first-order valence-corrected chi connectivity index (χ1v) is 5.41. The number of hydrogen-bond acceptors (Lipinski definition) is 3. The number of aryl methyl sites for hydroxylation is 2.